The second kappa shape index (κ2) is 6.91. The fraction of sp³-hybridized carbons (Fsp3) is 0.133. The summed E-state index contributed by atoms with van der Waals surface area (Å²) in [6, 6.07) is 11.2. The second-order valence-corrected chi connectivity index (χ2v) is 5.63. The van der Waals surface area contributed by atoms with Gasteiger partial charge in [0.25, 0.3) is 5.91 Å². The molecule has 0 saturated heterocycles. The van der Waals surface area contributed by atoms with Crippen LogP contribution in [0.4, 0.5) is 10.1 Å². The van der Waals surface area contributed by atoms with Crippen LogP contribution in [0.25, 0.3) is 0 Å². The maximum atomic E-state index is 13.7. The van der Waals surface area contributed by atoms with E-state index in [-0.39, 0.29) is 5.69 Å². The van der Waals surface area contributed by atoms with Crippen molar-refractivity contribution in [2.24, 2.45) is 0 Å². The summed E-state index contributed by atoms with van der Waals surface area (Å²) < 4.78 is 19.7. The third kappa shape index (κ3) is 4.19. The van der Waals surface area contributed by atoms with Crippen molar-refractivity contribution < 1.29 is 13.9 Å². The van der Waals surface area contributed by atoms with Gasteiger partial charge in [-0.2, -0.15) is 0 Å². The number of amides is 1. The molecular weight excluding hydrogens is 361 g/mol. The third-order valence-electron chi connectivity index (χ3n) is 2.70. The van der Waals surface area contributed by atoms with Crippen molar-refractivity contribution >= 4 is 39.1 Å². The van der Waals surface area contributed by atoms with Crippen LogP contribution >= 0.6 is 27.5 Å². The Bertz CT molecular complexity index is 666. The zero-order valence-corrected chi connectivity index (χ0v) is 13.4. The summed E-state index contributed by atoms with van der Waals surface area (Å²) in [7, 11) is 0. The van der Waals surface area contributed by atoms with E-state index in [1.165, 1.54) is 12.1 Å². The highest BCUT2D eigenvalue weighted by Gasteiger charge is 2.17. The quantitative estimate of drug-likeness (QED) is 0.848. The molecule has 110 valence electrons. The average molecular weight is 373 g/mol. The molecule has 0 bridgehead atoms. The van der Waals surface area contributed by atoms with Gasteiger partial charge in [-0.25, -0.2) is 4.39 Å². The maximum Gasteiger partial charge on any atom is 0.265 e. The summed E-state index contributed by atoms with van der Waals surface area (Å²) in [6.45, 7) is 1.56. The minimum atomic E-state index is -0.812. The highest BCUT2D eigenvalue weighted by atomic mass is 79.9. The summed E-state index contributed by atoms with van der Waals surface area (Å²) in [5.41, 5.74) is 0.0952. The predicted octanol–water partition coefficient (Wildman–Crippen LogP) is 4.65. The van der Waals surface area contributed by atoms with Crippen molar-refractivity contribution in [2.45, 2.75) is 13.0 Å². The number of carbonyl (C=O) groups is 1. The minimum absolute atomic E-state index is 0.0952. The highest BCUT2D eigenvalue weighted by molar-refractivity contribution is 9.10. The summed E-state index contributed by atoms with van der Waals surface area (Å²) in [5, 5.41) is 2.88. The Morgan fingerprint density at radius 3 is 2.71 bits per heavy atom. The van der Waals surface area contributed by atoms with E-state index in [2.05, 4.69) is 21.2 Å². The topological polar surface area (TPSA) is 38.3 Å². The maximum absolute atomic E-state index is 13.7. The van der Waals surface area contributed by atoms with Crippen molar-refractivity contribution in [3.8, 4) is 5.75 Å². The molecule has 0 fully saturated rings. The average Bonchev–Trinajstić information content (AvgIpc) is 2.44. The summed E-state index contributed by atoms with van der Waals surface area (Å²) in [4.78, 5) is 12.0. The molecule has 2 rings (SSSR count). The lowest BCUT2D eigenvalue weighted by Crippen LogP contribution is -2.30. The van der Waals surface area contributed by atoms with Gasteiger partial charge >= 0.3 is 0 Å². The molecule has 2 aromatic rings. The Kier molecular flexibility index (Phi) is 5.20. The van der Waals surface area contributed by atoms with Crippen LogP contribution in [0.15, 0.2) is 46.9 Å². The monoisotopic (exact) mass is 371 g/mol. The zero-order valence-electron chi connectivity index (χ0n) is 11.1. The number of benzene rings is 2. The van der Waals surface area contributed by atoms with E-state index >= 15 is 0 Å². The van der Waals surface area contributed by atoms with Gasteiger partial charge in [-0.1, -0.05) is 39.7 Å². The number of halogens is 3. The van der Waals surface area contributed by atoms with Gasteiger partial charge in [-0.05, 0) is 37.3 Å². The molecule has 0 heterocycles. The molecule has 0 aromatic heterocycles. The Morgan fingerprint density at radius 1 is 1.33 bits per heavy atom. The van der Waals surface area contributed by atoms with Gasteiger partial charge in [-0.15, -0.1) is 0 Å². The number of hydrogen-bond donors (Lipinski definition) is 1. The normalized spacial score (nSPS) is 11.8. The first-order chi connectivity index (χ1) is 9.97. The fourth-order valence-electron chi connectivity index (χ4n) is 1.61. The lowest BCUT2D eigenvalue weighted by Gasteiger charge is -2.15. The Hall–Kier alpha value is -1.59. The third-order valence-corrected chi connectivity index (χ3v) is 3.50. The fourth-order valence-corrected chi connectivity index (χ4v) is 2.12. The molecule has 21 heavy (non-hydrogen) atoms. The minimum Gasteiger partial charge on any atom is -0.479 e. The van der Waals surface area contributed by atoms with Crippen LogP contribution < -0.4 is 10.1 Å². The molecule has 0 aliphatic carbocycles. The van der Waals surface area contributed by atoms with E-state index in [0.29, 0.717) is 15.2 Å². The van der Waals surface area contributed by atoms with Crippen molar-refractivity contribution in [3.63, 3.8) is 0 Å². The molecule has 1 atom stereocenters. The lowest BCUT2D eigenvalue weighted by atomic mass is 10.2. The van der Waals surface area contributed by atoms with E-state index in [4.69, 9.17) is 16.3 Å². The van der Waals surface area contributed by atoms with Crippen LogP contribution in [0.3, 0.4) is 0 Å². The molecule has 0 radical (unpaired) electrons. The number of nitrogens with one attached hydrogen (secondary N) is 1. The van der Waals surface area contributed by atoms with Crippen molar-refractivity contribution in [1.82, 2.24) is 0 Å². The Labute approximate surface area is 135 Å². The van der Waals surface area contributed by atoms with E-state index in [9.17, 15) is 9.18 Å². The summed E-state index contributed by atoms with van der Waals surface area (Å²) >= 11 is 9.11. The Balaban J connectivity index is 2.04. The molecule has 3 nitrogen and oxygen atoms in total. The van der Waals surface area contributed by atoms with Gasteiger partial charge in [-0.3, -0.25) is 4.79 Å². The first kappa shape index (κ1) is 15.8. The standard InChI is InChI=1S/C15H12BrClFNO2/c1-9(21-14-5-3-2-4-11(14)17)15(20)19-13-7-6-10(16)8-12(13)18/h2-9H,1H3,(H,19,20)/t9-/m1/s1. The highest BCUT2D eigenvalue weighted by Crippen LogP contribution is 2.25. The van der Waals surface area contributed by atoms with Crippen molar-refractivity contribution in [1.29, 1.82) is 0 Å². The molecule has 0 spiro atoms. The van der Waals surface area contributed by atoms with Crippen LogP contribution in [0.5, 0.6) is 5.75 Å². The molecular formula is C15H12BrClFNO2. The molecule has 0 saturated carbocycles. The van der Waals surface area contributed by atoms with Crippen molar-refractivity contribution in [3.05, 3.63) is 57.8 Å². The van der Waals surface area contributed by atoms with Gasteiger partial charge in [0.15, 0.2) is 6.10 Å². The van der Waals surface area contributed by atoms with Crippen molar-refractivity contribution in [2.75, 3.05) is 5.32 Å². The zero-order chi connectivity index (χ0) is 15.4. The number of carbonyl (C=O) groups excluding carboxylic acids is 1. The molecule has 6 heteroatoms. The van der Waals surface area contributed by atoms with E-state index < -0.39 is 17.8 Å². The second-order valence-electron chi connectivity index (χ2n) is 4.30. The van der Waals surface area contributed by atoms with Crippen LogP contribution in [0.1, 0.15) is 6.92 Å². The molecule has 1 amide bonds. The number of ether oxygens (including phenoxy) is 1. The smallest absolute Gasteiger partial charge is 0.265 e. The largest absolute Gasteiger partial charge is 0.479 e. The number of anilines is 1. The van der Waals surface area contributed by atoms with Gasteiger partial charge in [0.2, 0.25) is 0 Å². The van der Waals surface area contributed by atoms with Gasteiger partial charge in [0.1, 0.15) is 11.6 Å². The van der Waals surface area contributed by atoms with Crippen LogP contribution in [-0.2, 0) is 4.79 Å². The SMILES string of the molecule is C[C@@H](Oc1ccccc1Cl)C(=O)Nc1ccc(Br)cc1F. The number of para-hydroxylation sites is 1. The van der Waals surface area contributed by atoms with Gasteiger partial charge in [0.05, 0.1) is 10.7 Å². The number of hydrogen-bond acceptors (Lipinski definition) is 2. The van der Waals surface area contributed by atoms with E-state index in [0.717, 1.165) is 0 Å². The predicted molar refractivity (Wildman–Crippen MR) is 84.3 cm³/mol. The van der Waals surface area contributed by atoms with Gasteiger partial charge in [0, 0.05) is 4.47 Å². The van der Waals surface area contributed by atoms with Crippen LogP contribution in [0, 0.1) is 5.82 Å². The Morgan fingerprint density at radius 2 is 2.05 bits per heavy atom. The first-order valence-corrected chi connectivity index (χ1v) is 7.31. The molecule has 0 aliphatic heterocycles. The van der Waals surface area contributed by atoms with Crippen LogP contribution in [0.2, 0.25) is 5.02 Å². The van der Waals surface area contributed by atoms with Crippen LogP contribution in [-0.4, -0.2) is 12.0 Å². The molecule has 0 aliphatic rings. The van der Waals surface area contributed by atoms with E-state index in [1.54, 1.807) is 37.3 Å². The summed E-state index contributed by atoms with van der Waals surface area (Å²) in [5.74, 6) is -0.586. The molecule has 1 N–H and O–H groups in total. The van der Waals surface area contributed by atoms with Gasteiger partial charge < -0.3 is 10.1 Å². The molecule has 2 aromatic carbocycles. The number of rotatable bonds is 4. The summed E-state index contributed by atoms with van der Waals surface area (Å²) in [6.07, 6.45) is -0.812. The first-order valence-electron chi connectivity index (χ1n) is 6.14. The lowest BCUT2D eigenvalue weighted by molar-refractivity contribution is -0.122. The molecule has 0 unspecified atom stereocenters. The van der Waals surface area contributed by atoms with E-state index in [1.807, 2.05) is 0 Å².